The van der Waals surface area contributed by atoms with Gasteiger partial charge in [-0.15, -0.1) is 0 Å². The molecule has 0 unspecified atom stereocenters. The van der Waals surface area contributed by atoms with Crippen LogP contribution >= 0.6 is 11.8 Å². The quantitative estimate of drug-likeness (QED) is 0.534. The van der Waals surface area contributed by atoms with Crippen molar-refractivity contribution in [3.05, 3.63) is 65.3 Å². The molecule has 0 spiro atoms. The third-order valence-corrected chi connectivity index (χ3v) is 6.46. The van der Waals surface area contributed by atoms with Crippen molar-refractivity contribution in [2.75, 3.05) is 49.5 Å². The number of nitrogens with zero attached hydrogens (tertiary/aromatic N) is 2. The smallest absolute Gasteiger partial charge is 0.262 e. The molecule has 31 heavy (non-hydrogen) atoms. The van der Waals surface area contributed by atoms with E-state index < -0.39 is 0 Å². The molecule has 2 aromatic carbocycles. The fourth-order valence-electron chi connectivity index (χ4n) is 3.71. The molecule has 0 saturated carbocycles. The lowest BCUT2D eigenvalue weighted by molar-refractivity contribution is -0.117. The van der Waals surface area contributed by atoms with Crippen molar-refractivity contribution in [1.29, 1.82) is 0 Å². The molecule has 4 rings (SSSR count). The normalized spacial score (nSPS) is 17.9. The maximum atomic E-state index is 13.9. The molecule has 0 radical (unpaired) electrons. The van der Waals surface area contributed by atoms with Gasteiger partial charge in [-0.2, -0.15) is 0 Å². The Hall–Kier alpha value is -2.84. The Labute approximate surface area is 185 Å². The molecule has 2 aliphatic heterocycles. The van der Waals surface area contributed by atoms with Crippen LogP contribution in [0.15, 0.2) is 64.4 Å². The average molecular weight is 441 g/mol. The van der Waals surface area contributed by atoms with Gasteiger partial charge in [0.05, 0.1) is 16.3 Å². The Morgan fingerprint density at radius 2 is 1.84 bits per heavy atom. The van der Waals surface area contributed by atoms with E-state index in [4.69, 9.17) is 0 Å². The summed E-state index contributed by atoms with van der Waals surface area (Å²) in [5.41, 5.74) is 1.43. The first-order valence-corrected chi connectivity index (χ1v) is 11.2. The Balaban J connectivity index is 1.18. The van der Waals surface area contributed by atoms with Crippen molar-refractivity contribution in [1.82, 2.24) is 10.2 Å². The summed E-state index contributed by atoms with van der Waals surface area (Å²) in [6.45, 7) is 4.70. The molecule has 1 fully saturated rings. The minimum Gasteiger partial charge on any atom is -0.367 e. The van der Waals surface area contributed by atoms with Gasteiger partial charge in [0.2, 0.25) is 5.91 Å². The summed E-state index contributed by atoms with van der Waals surface area (Å²) < 4.78 is 13.9. The van der Waals surface area contributed by atoms with Gasteiger partial charge in [0.15, 0.2) is 0 Å². The van der Waals surface area contributed by atoms with E-state index in [1.165, 1.54) is 23.9 Å². The number of amides is 2. The fraction of sp³-hybridized carbons (Fsp3) is 0.304. The Bertz CT molecular complexity index is 989. The van der Waals surface area contributed by atoms with Crippen molar-refractivity contribution >= 4 is 35.0 Å². The van der Waals surface area contributed by atoms with Crippen LogP contribution in [0.2, 0.25) is 0 Å². The molecule has 2 amide bonds. The predicted octanol–water partition coefficient (Wildman–Crippen LogP) is 3.08. The van der Waals surface area contributed by atoms with Crippen LogP contribution in [0.4, 0.5) is 15.8 Å². The molecule has 0 aromatic heterocycles. The molecule has 1 saturated heterocycles. The van der Waals surface area contributed by atoms with Gasteiger partial charge in [-0.25, -0.2) is 4.39 Å². The second kappa shape index (κ2) is 9.98. The maximum absolute atomic E-state index is 13.9. The summed E-state index contributed by atoms with van der Waals surface area (Å²) in [4.78, 5) is 30.1. The van der Waals surface area contributed by atoms with Crippen molar-refractivity contribution in [3.8, 4) is 0 Å². The van der Waals surface area contributed by atoms with Crippen LogP contribution in [0.1, 0.15) is 6.42 Å². The molecule has 162 valence electrons. The standard InChI is InChI=1S/C23H25FN4O2S/c24-17-6-1-3-8-19(17)28-14-12-27(13-15-28)11-5-10-25-22(29)16-21-23(30)26-18-7-2-4-9-20(18)31-21/h1-4,6-9,16H,5,10-15H2,(H,25,29)(H,26,30). The first-order valence-electron chi connectivity index (χ1n) is 10.4. The Kier molecular flexibility index (Phi) is 6.89. The lowest BCUT2D eigenvalue weighted by Crippen LogP contribution is -2.47. The summed E-state index contributed by atoms with van der Waals surface area (Å²) in [5.74, 6) is -0.700. The van der Waals surface area contributed by atoms with Crippen LogP contribution in [0, 0.1) is 5.82 Å². The molecular formula is C23H25FN4O2S. The number of halogens is 1. The minimum absolute atomic E-state index is 0.180. The van der Waals surface area contributed by atoms with E-state index in [1.54, 1.807) is 6.07 Å². The van der Waals surface area contributed by atoms with Crippen LogP contribution in [0.3, 0.4) is 0 Å². The molecule has 0 bridgehead atoms. The highest BCUT2D eigenvalue weighted by molar-refractivity contribution is 8.04. The maximum Gasteiger partial charge on any atom is 0.262 e. The van der Waals surface area contributed by atoms with Crippen LogP contribution < -0.4 is 15.5 Å². The van der Waals surface area contributed by atoms with Gasteiger partial charge in [-0.3, -0.25) is 14.5 Å². The zero-order valence-corrected chi connectivity index (χ0v) is 18.0. The average Bonchev–Trinajstić information content (AvgIpc) is 2.78. The largest absolute Gasteiger partial charge is 0.367 e. The van der Waals surface area contributed by atoms with Crippen LogP contribution in [-0.2, 0) is 9.59 Å². The van der Waals surface area contributed by atoms with E-state index in [0.29, 0.717) is 17.1 Å². The van der Waals surface area contributed by atoms with Crippen molar-refractivity contribution in [2.24, 2.45) is 0 Å². The van der Waals surface area contributed by atoms with Gasteiger partial charge >= 0.3 is 0 Å². The third-order valence-electron chi connectivity index (χ3n) is 5.36. The van der Waals surface area contributed by atoms with Crippen molar-refractivity contribution in [3.63, 3.8) is 0 Å². The zero-order valence-electron chi connectivity index (χ0n) is 17.1. The summed E-state index contributed by atoms with van der Waals surface area (Å²) in [7, 11) is 0. The summed E-state index contributed by atoms with van der Waals surface area (Å²) in [5, 5.41) is 5.66. The van der Waals surface area contributed by atoms with Crippen LogP contribution in [-0.4, -0.2) is 56.0 Å². The van der Waals surface area contributed by atoms with Crippen molar-refractivity contribution < 1.29 is 14.0 Å². The Morgan fingerprint density at radius 1 is 1.10 bits per heavy atom. The van der Waals surface area contributed by atoms with Crippen LogP contribution in [0.5, 0.6) is 0 Å². The predicted molar refractivity (Wildman–Crippen MR) is 122 cm³/mol. The molecule has 2 N–H and O–H groups in total. The number of benzene rings is 2. The SMILES string of the molecule is O=C(C=C1Sc2ccccc2NC1=O)NCCCN1CCN(c2ccccc2F)CC1. The lowest BCUT2D eigenvalue weighted by atomic mass is 10.2. The van der Waals surface area contributed by atoms with E-state index in [1.807, 2.05) is 36.4 Å². The summed E-state index contributed by atoms with van der Waals surface area (Å²) >= 11 is 1.30. The highest BCUT2D eigenvalue weighted by atomic mass is 32.2. The number of para-hydroxylation sites is 2. The highest BCUT2D eigenvalue weighted by Gasteiger charge is 2.22. The van der Waals surface area contributed by atoms with E-state index >= 15 is 0 Å². The minimum atomic E-state index is -0.263. The lowest BCUT2D eigenvalue weighted by Gasteiger charge is -2.36. The second-order valence-electron chi connectivity index (χ2n) is 7.49. The summed E-state index contributed by atoms with van der Waals surface area (Å²) in [6, 6.07) is 14.4. The van der Waals surface area contributed by atoms with Gasteiger partial charge < -0.3 is 15.5 Å². The number of piperazine rings is 1. The van der Waals surface area contributed by atoms with Gasteiger partial charge in [-0.1, -0.05) is 36.0 Å². The molecule has 8 heteroatoms. The van der Waals surface area contributed by atoms with Crippen LogP contribution in [0.25, 0.3) is 0 Å². The number of fused-ring (bicyclic) bond motifs is 1. The molecule has 2 aliphatic rings. The number of anilines is 2. The van der Waals surface area contributed by atoms with E-state index in [9.17, 15) is 14.0 Å². The van der Waals surface area contributed by atoms with E-state index in [2.05, 4.69) is 20.4 Å². The molecule has 0 atom stereocenters. The molecule has 2 heterocycles. The molecule has 6 nitrogen and oxygen atoms in total. The highest BCUT2D eigenvalue weighted by Crippen LogP contribution is 2.37. The number of hydrogen-bond acceptors (Lipinski definition) is 5. The third kappa shape index (κ3) is 5.45. The number of hydrogen-bond donors (Lipinski definition) is 2. The zero-order chi connectivity index (χ0) is 21.6. The van der Waals surface area contributed by atoms with Crippen molar-refractivity contribution in [2.45, 2.75) is 11.3 Å². The number of rotatable bonds is 6. The number of nitrogens with one attached hydrogen (secondary N) is 2. The molecule has 2 aromatic rings. The fourth-order valence-corrected chi connectivity index (χ4v) is 4.63. The Morgan fingerprint density at radius 3 is 2.65 bits per heavy atom. The first kappa shape index (κ1) is 21.4. The number of carbonyl (C=O) groups excluding carboxylic acids is 2. The van der Waals surface area contributed by atoms with E-state index in [-0.39, 0.29) is 17.6 Å². The topological polar surface area (TPSA) is 64.7 Å². The number of thioether (sulfide) groups is 1. The first-order chi connectivity index (χ1) is 15.1. The summed E-state index contributed by atoms with van der Waals surface area (Å²) in [6.07, 6.45) is 2.18. The molecular weight excluding hydrogens is 415 g/mol. The van der Waals surface area contributed by atoms with E-state index in [0.717, 1.165) is 49.7 Å². The number of carbonyl (C=O) groups is 2. The second-order valence-corrected chi connectivity index (χ2v) is 8.57. The monoisotopic (exact) mass is 440 g/mol. The van der Waals surface area contributed by atoms with Gasteiger partial charge in [0, 0.05) is 43.7 Å². The molecule has 0 aliphatic carbocycles. The van der Waals surface area contributed by atoms with Gasteiger partial charge in [0.25, 0.3) is 5.91 Å². The van der Waals surface area contributed by atoms with Gasteiger partial charge in [-0.05, 0) is 37.2 Å². The van der Waals surface area contributed by atoms with Gasteiger partial charge in [0.1, 0.15) is 5.82 Å².